The lowest BCUT2D eigenvalue weighted by atomic mass is 10.1. The van der Waals surface area contributed by atoms with Gasteiger partial charge in [0.2, 0.25) is 0 Å². The van der Waals surface area contributed by atoms with E-state index in [-0.39, 0.29) is 30.4 Å². The molecule has 7 heteroatoms. The molecule has 0 bridgehead atoms. The Morgan fingerprint density at radius 2 is 1.75 bits per heavy atom. The minimum Gasteiger partial charge on any atom is -0.384 e. The average Bonchev–Trinajstić information content (AvgIpc) is 2.39. The third-order valence-corrected chi connectivity index (χ3v) is 2.90. The Hall–Kier alpha value is -1.87. The number of aromatic nitrogens is 1. The molecule has 0 aliphatic rings. The van der Waals surface area contributed by atoms with Crippen LogP contribution in [0, 0.1) is 30.4 Å². The second-order valence-corrected chi connectivity index (χ2v) is 5.38. The Morgan fingerprint density at radius 3 is 2.33 bits per heavy atom. The van der Waals surface area contributed by atoms with E-state index in [1.54, 1.807) is 18.2 Å². The number of nitrogens with two attached hydrogens (primary N) is 1. The molecule has 2 N–H and O–H groups in total. The summed E-state index contributed by atoms with van der Waals surface area (Å²) in [5.41, 5.74) is 7.65. The highest BCUT2D eigenvalue weighted by molar-refractivity contribution is 5.85. The molecule has 0 spiro atoms. The summed E-state index contributed by atoms with van der Waals surface area (Å²) < 4.78 is 27.5. The smallest absolute Gasteiger partial charge is 0.174 e. The summed E-state index contributed by atoms with van der Waals surface area (Å²) in [6.45, 7) is 2.36. The summed E-state index contributed by atoms with van der Waals surface area (Å²) in [5, 5.41) is 0. The molecule has 0 aliphatic carbocycles. The van der Waals surface area contributed by atoms with E-state index < -0.39 is 11.6 Å². The Labute approximate surface area is 153 Å². The van der Waals surface area contributed by atoms with Gasteiger partial charge >= 0.3 is 0 Å². The summed E-state index contributed by atoms with van der Waals surface area (Å²) in [5.74, 6) is 3.86. The van der Waals surface area contributed by atoms with Gasteiger partial charge in [-0.2, -0.15) is 0 Å². The maximum atomic E-state index is 13.8. The van der Waals surface area contributed by atoms with Crippen LogP contribution in [0.25, 0.3) is 0 Å². The van der Waals surface area contributed by atoms with Crippen molar-refractivity contribution in [1.82, 2.24) is 9.88 Å². The second kappa shape index (κ2) is 9.43. The molecular weight excluding hydrogens is 355 g/mol. The van der Waals surface area contributed by atoms with E-state index in [2.05, 4.69) is 16.8 Å². The molecule has 0 aliphatic heterocycles. The first kappa shape index (κ1) is 22.1. The van der Waals surface area contributed by atoms with E-state index in [1.165, 1.54) is 6.07 Å². The average molecular weight is 374 g/mol. The lowest BCUT2D eigenvalue weighted by Crippen LogP contribution is -2.11. The first-order chi connectivity index (χ1) is 10.3. The number of hydrogen-bond acceptors (Lipinski definition) is 3. The van der Waals surface area contributed by atoms with Gasteiger partial charge in [0.25, 0.3) is 0 Å². The SMILES string of the molecule is Cc1cc(N)nc(C#Cc2cc(CN(C)C)cc(F)c2F)c1.Cl.Cl. The summed E-state index contributed by atoms with van der Waals surface area (Å²) in [6, 6.07) is 6.18. The van der Waals surface area contributed by atoms with Crippen molar-refractivity contribution in [3.63, 3.8) is 0 Å². The number of benzene rings is 1. The van der Waals surface area contributed by atoms with Crippen molar-refractivity contribution in [2.24, 2.45) is 0 Å². The van der Waals surface area contributed by atoms with Crippen molar-refractivity contribution < 1.29 is 8.78 Å². The van der Waals surface area contributed by atoms with Crippen molar-refractivity contribution in [3.8, 4) is 11.8 Å². The Bertz CT molecular complexity index is 748. The number of rotatable bonds is 2. The van der Waals surface area contributed by atoms with E-state index in [0.717, 1.165) is 5.56 Å². The fourth-order valence-corrected chi connectivity index (χ4v) is 2.08. The Kier molecular flexibility index (Phi) is 8.70. The zero-order valence-corrected chi connectivity index (χ0v) is 15.2. The monoisotopic (exact) mass is 373 g/mol. The second-order valence-electron chi connectivity index (χ2n) is 5.38. The number of nitrogen functional groups attached to an aromatic ring is 1. The maximum absolute atomic E-state index is 13.8. The van der Waals surface area contributed by atoms with Gasteiger partial charge in [0, 0.05) is 6.54 Å². The lowest BCUT2D eigenvalue weighted by molar-refractivity contribution is 0.400. The van der Waals surface area contributed by atoms with Crippen LogP contribution in [0.15, 0.2) is 24.3 Å². The molecule has 1 aromatic heterocycles. The van der Waals surface area contributed by atoms with Gasteiger partial charge < -0.3 is 10.6 Å². The molecule has 1 heterocycles. The van der Waals surface area contributed by atoms with Crippen LogP contribution < -0.4 is 5.73 Å². The third kappa shape index (κ3) is 5.97. The van der Waals surface area contributed by atoms with Gasteiger partial charge in [0.05, 0.1) is 5.56 Å². The molecule has 130 valence electrons. The normalized spacial score (nSPS) is 9.58. The number of anilines is 1. The van der Waals surface area contributed by atoms with Crippen LogP contribution in [-0.2, 0) is 6.54 Å². The predicted molar refractivity (Wildman–Crippen MR) is 97.6 cm³/mol. The van der Waals surface area contributed by atoms with Crippen molar-refractivity contribution in [2.45, 2.75) is 13.5 Å². The first-order valence-corrected chi connectivity index (χ1v) is 6.74. The number of pyridine rings is 1. The van der Waals surface area contributed by atoms with Gasteiger partial charge in [-0.05, 0) is 62.3 Å². The van der Waals surface area contributed by atoms with Gasteiger partial charge in [-0.25, -0.2) is 13.8 Å². The molecule has 0 fully saturated rings. The van der Waals surface area contributed by atoms with Gasteiger partial charge in [-0.3, -0.25) is 0 Å². The lowest BCUT2D eigenvalue weighted by Gasteiger charge is -2.10. The van der Waals surface area contributed by atoms with Crippen LogP contribution in [0.1, 0.15) is 22.4 Å². The molecule has 0 amide bonds. The molecule has 0 unspecified atom stereocenters. The third-order valence-electron chi connectivity index (χ3n) is 2.90. The molecule has 24 heavy (non-hydrogen) atoms. The quantitative estimate of drug-likeness (QED) is 0.818. The van der Waals surface area contributed by atoms with E-state index in [9.17, 15) is 8.78 Å². The highest BCUT2D eigenvalue weighted by atomic mass is 35.5. The van der Waals surface area contributed by atoms with E-state index >= 15 is 0 Å². The molecule has 0 saturated heterocycles. The first-order valence-electron chi connectivity index (χ1n) is 6.74. The van der Waals surface area contributed by atoms with Crippen LogP contribution in [0.2, 0.25) is 0 Å². The standard InChI is InChI=1S/C17H17F2N3.2ClH/c1-11-6-14(21-16(20)7-11)5-4-13-8-12(10-22(2)3)9-15(18)17(13)19;;/h6-9H,10H2,1-3H3,(H2,20,21);2*1H. The van der Waals surface area contributed by atoms with Gasteiger partial charge in [0.1, 0.15) is 11.5 Å². The highest BCUT2D eigenvalue weighted by Gasteiger charge is 2.10. The van der Waals surface area contributed by atoms with E-state index in [1.807, 2.05) is 25.9 Å². The van der Waals surface area contributed by atoms with E-state index in [4.69, 9.17) is 5.73 Å². The van der Waals surface area contributed by atoms with Crippen LogP contribution >= 0.6 is 24.8 Å². The Balaban J connectivity index is 0.00000264. The summed E-state index contributed by atoms with van der Waals surface area (Å²) in [4.78, 5) is 5.92. The predicted octanol–water partition coefficient (Wildman–Crippen LogP) is 3.56. The molecule has 0 radical (unpaired) electrons. The minimum atomic E-state index is -0.948. The zero-order chi connectivity index (χ0) is 16.3. The van der Waals surface area contributed by atoms with Crippen molar-refractivity contribution in [1.29, 1.82) is 0 Å². The van der Waals surface area contributed by atoms with Crippen LogP contribution in [0.5, 0.6) is 0 Å². The molecule has 1 aromatic carbocycles. The maximum Gasteiger partial charge on any atom is 0.174 e. The molecule has 2 rings (SSSR count). The summed E-state index contributed by atoms with van der Waals surface area (Å²) >= 11 is 0. The van der Waals surface area contributed by atoms with Crippen LogP contribution in [0.4, 0.5) is 14.6 Å². The van der Waals surface area contributed by atoms with Crippen molar-refractivity contribution in [3.05, 3.63) is 58.3 Å². The van der Waals surface area contributed by atoms with Crippen molar-refractivity contribution in [2.75, 3.05) is 19.8 Å². The summed E-state index contributed by atoms with van der Waals surface area (Å²) in [6.07, 6.45) is 0. The van der Waals surface area contributed by atoms with Gasteiger partial charge in [-0.15, -0.1) is 24.8 Å². The van der Waals surface area contributed by atoms with Crippen LogP contribution in [-0.4, -0.2) is 24.0 Å². The molecule has 0 atom stereocenters. The van der Waals surface area contributed by atoms with Crippen LogP contribution in [0.3, 0.4) is 0 Å². The topological polar surface area (TPSA) is 42.1 Å². The number of hydrogen-bond donors (Lipinski definition) is 1. The molecule has 3 nitrogen and oxygen atoms in total. The zero-order valence-electron chi connectivity index (χ0n) is 13.6. The number of nitrogens with zero attached hydrogens (tertiary/aromatic N) is 2. The molecule has 0 saturated carbocycles. The highest BCUT2D eigenvalue weighted by Crippen LogP contribution is 2.15. The fourth-order valence-electron chi connectivity index (χ4n) is 2.08. The molecular formula is C17H19Cl2F2N3. The fraction of sp³-hybridized carbons (Fsp3) is 0.235. The number of halogens is 4. The number of aryl methyl sites for hydroxylation is 1. The Morgan fingerprint density at radius 1 is 1.08 bits per heavy atom. The van der Waals surface area contributed by atoms with Gasteiger partial charge in [0.15, 0.2) is 11.6 Å². The van der Waals surface area contributed by atoms with Gasteiger partial charge in [-0.1, -0.05) is 5.92 Å². The summed E-state index contributed by atoms with van der Waals surface area (Å²) in [7, 11) is 3.71. The van der Waals surface area contributed by atoms with E-state index in [0.29, 0.717) is 23.6 Å². The molecule has 2 aromatic rings. The minimum absolute atomic E-state index is 0. The van der Waals surface area contributed by atoms with Crippen molar-refractivity contribution >= 4 is 30.6 Å². The largest absolute Gasteiger partial charge is 0.384 e.